The second-order valence-electron chi connectivity index (χ2n) is 1.82. The summed E-state index contributed by atoms with van der Waals surface area (Å²) in [4.78, 5) is 15.6. The van der Waals surface area contributed by atoms with E-state index in [-0.39, 0.29) is 6.03 Å². The molecule has 0 unspecified atom stereocenters. The number of amidine groups is 1. The van der Waals surface area contributed by atoms with E-state index in [4.69, 9.17) is 0 Å². The molecule has 0 spiro atoms. The first-order valence-corrected chi connectivity index (χ1v) is 2.65. The van der Waals surface area contributed by atoms with Crippen molar-refractivity contribution in [3.63, 3.8) is 0 Å². The van der Waals surface area contributed by atoms with E-state index in [2.05, 4.69) is 4.99 Å². The Balaban J connectivity index is 2.43. The van der Waals surface area contributed by atoms with Crippen LogP contribution in [0.4, 0.5) is 4.79 Å². The molecule has 0 aromatic rings. The second-order valence-corrected chi connectivity index (χ2v) is 1.82. The van der Waals surface area contributed by atoms with Crippen molar-refractivity contribution in [3.8, 4) is 0 Å². The standard InChI is InChI=1S/C6H4N2O/c9-6-7-5-3-1-2-4-8(5)6/h1-4H. The number of urea groups is 1. The summed E-state index contributed by atoms with van der Waals surface area (Å²) in [5.41, 5.74) is 0. The maximum Gasteiger partial charge on any atom is 0.355 e. The van der Waals surface area contributed by atoms with Crippen molar-refractivity contribution in [1.82, 2.24) is 4.90 Å². The van der Waals surface area contributed by atoms with E-state index < -0.39 is 0 Å². The minimum Gasteiger partial charge on any atom is -0.251 e. The van der Waals surface area contributed by atoms with E-state index in [1.807, 2.05) is 6.08 Å². The van der Waals surface area contributed by atoms with Crippen LogP contribution in [0.5, 0.6) is 0 Å². The lowest BCUT2D eigenvalue weighted by molar-refractivity contribution is 0.233. The highest BCUT2D eigenvalue weighted by Gasteiger charge is 2.25. The number of hydrogen-bond acceptors (Lipinski definition) is 1. The first-order chi connectivity index (χ1) is 4.38. The molecule has 2 heterocycles. The number of carbonyl (C=O) groups is 1. The fourth-order valence-electron chi connectivity index (χ4n) is 0.794. The summed E-state index contributed by atoms with van der Waals surface area (Å²) in [6.45, 7) is 0. The summed E-state index contributed by atoms with van der Waals surface area (Å²) >= 11 is 0. The third kappa shape index (κ3) is 0.455. The highest BCUT2D eigenvalue weighted by molar-refractivity contribution is 6.18. The van der Waals surface area contributed by atoms with Gasteiger partial charge >= 0.3 is 6.03 Å². The van der Waals surface area contributed by atoms with Crippen molar-refractivity contribution in [3.05, 3.63) is 24.4 Å². The lowest BCUT2D eigenvalue weighted by Gasteiger charge is -2.24. The molecule has 0 aromatic heterocycles. The SMILES string of the molecule is O=C1N=C2C=CC=CN12. The van der Waals surface area contributed by atoms with Gasteiger partial charge in [-0.25, -0.2) is 4.79 Å². The third-order valence-electron chi connectivity index (χ3n) is 1.25. The van der Waals surface area contributed by atoms with Crippen LogP contribution in [0, 0.1) is 0 Å². The summed E-state index contributed by atoms with van der Waals surface area (Å²) < 4.78 is 0. The monoisotopic (exact) mass is 120 g/mol. The minimum absolute atomic E-state index is 0.175. The van der Waals surface area contributed by atoms with Crippen LogP contribution < -0.4 is 0 Å². The van der Waals surface area contributed by atoms with Gasteiger partial charge in [0, 0.05) is 6.20 Å². The summed E-state index contributed by atoms with van der Waals surface area (Å²) in [6, 6.07) is -0.175. The second kappa shape index (κ2) is 1.31. The molecule has 3 nitrogen and oxygen atoms in total. The summed E-state index contributed by atoms with van der Waals surface area (Å²) in [6.07, 6.45) is 7.14. The number of fused-ring (bicyclic) bond motifs is 1. The zero-order chi connectivity index (χ0) is 6.27. The highest BCUT2D eigenvalue weighted by atomic mass is 16.2. The van der Waals surface area contributed by atoms with Crippen molar-refractivity contribution in [2.24, 2.45) is 4.99 Å². The smallest absolute Gasteiger partial charge is 0.251 e. The molecular formula is C6H4N2O. The van der Waals surface area contributed by atoms with E-state index in [9.17, 15) is 4.79 Å². The van der Waals surface area contributed by atoms with Crippen molar-refractivity contribution in [2.45, 2.75) is 0 Å². The average Bonchev–Trinajstić information content (AvgIpc) is 1.86. The molecule has 3 heteroatoms. The predicted molar refractivity (Wildman–Crippen MR) is 32.9 cm³/mol. The Hall–Kier alpha value is -1.38. The number of allylic oxidation sites excluding steroid dienone is 2. The number of amides is 2. The predicted octanol–water partition coefficient (Wildman–Crippen LogP) is 0.904. The molecule has 0 N–H and O–H groups in total. The summed E-state index contributed by atoms with van der Waals surface area (Å²) in [5, 5.41) is 0. The van der Waals surface area contributed by atoms with Gasteiger partial charge in [-0.15, -0.1) is 0 Å². The van der Waals surface area contributed by atoms with Crippen LogP contribution in [0.2, 0.25) is 0 Å². The molecule has 0 saturated heterocycles. The average molecular weight is 120 g/mol. The number of rotatable bonds is 0. The Morgan fingerprint density at radius 1 is 1.44 bits per heavy atom. The molecule has 0 bridgehead atoms. The first-order valence-electron chi connectivity index (χ1n) is 2.65. The summed E-state index contributed by atoms with van der Waals surface area (Å²) in [7, 11) is 0. The van der Waals surface area contributed by atoms with Gasteiger partial charge in [0.05, 0.1) is 0 Å². The van der Waals surface area contributed by atoms with Gasteiger partial charge in [-0.3, -0.25) is 4.90 Å². The van der Waals surface area contributed by atoms with Gasteiger partial charge < -0.3 is 0 Å². The number of nitrogens with zero attached hydrogens (tertiary/aromatic N) is 2. The molecular weight excluding hydrogens is 116 g/mol. The van der Waals surface area contributed by atoms with Crippen LogP contribution in [0.1, 0.15) is 0 Å². The van der Waals surface area contributed by atoms with E-state index in [1.54, 1.807) is 18.4 Å². The molecule has 9 heavy (non-hydrogen) atoms. The van der Waals surface area contributed by atoms with Gasteiger partial charge in [-0.05, 0) is 12.2 Å². The van der Waals surface area contributed by atoms with E-state index in [0.717, 1.165) is 5.84 Å². The maximum atomic E-state index is 10.5. The Morgan fingerprint density at radius 3 is 2.89 bits per heavy atom. The van der Waals surface area contributed by atoms with Gasteiger partial charge in [0.2, 0.25) is 0 Å². The minimum atomic E-state index is -0.175. The zero-order valence-corrected chi connectivity index (χ0v) is 4.61. The van der Waals surface area contributed by atoms with Crippen LogP contribution >= 0.6 is 0 Å². The van der Waals surface area contributed by atoms with Gasteiger partial charge in [-0.1, -0.05) is 6.08 Å². The molecule has 2 aliphatic heterocycles. The van der Waals surface area contributed by atoms with Crippen LogP contribution in [0.3, 0.4) is 0 Å². The Labute approximate surface area is 52.0 Å². The molecule has 2 aliphatic rings. The van der Waals surface area contributed by atoms with Crippen molar-refractivity contribution in [1.29, 1.82) is 0 Å². The number of aliphatic imine (C=N–C) groups is 1. The number of hydrogen-bond donors (Lipinski definition) is 0. The van der Waals surface area contributed by atoms with Gasteiger partial charge in [0.1, 0.15) is 5.84 Å². The lowest BCUT2D eigenvalue weighted by atomic mass is 10.3. The Kier molecular flexibility index (Phi) is 0.656. The zero-order valence-electron chi connectivity index (χ0n) is 4.61. The van der Waals surface area contributed by atoms with Crippen molar-refractivity contribution in [2.75, 3.05) is 0 Å². The van der Waals surface area contributed by atoms with Crippen molar-refractivity contribution >= 4 is 11.9 Å². The molecule has 44 valence electrons. The van der Waals surface area contributed by atoms with Gasteiger partial charge in [0.25, 0.3) is 0 Å². The van der Waals surface area contributed by atoms with E-state index >= 15 is 0 Å². The lowest BCUT2D eigenvalue weighted by Crippen LogP contribution is -2.39. The Morgan fingerprint density at radius 2 is 2.33 bits per heavy atom. The molecule has 0 radical (unpaired) electrons. The third-order valence-corrected chi connectivity index (χ3v) is 1.25. The number of carbonyl (C=O) groups excluding carboxylic acids is 1. The Bertz CT molecular complexity index is 250. The van der Waals surface area contributed by atoms with E-state index in [0.29, 0.717) is 0 Å². The molecule has 0 saturated carbocycles. The fraction of sp³-hybridized carbons (Fsp3) is 0. The van der Waals surface area contributed by atoms with Crippen LogP contribution in [0.15, 0.2) is 29.4 Å². The van der Waals surface area contributed by atoms with Crippen LogP contribution in [0.25, 0.3) is 0 Å². The summed E-state index contributed by atoms with van der Waals surface area (Å²) in [5.74, 6) is 0.738. The van der Waals surface area contributed by atoms with Crippen molar-refractivity contribution < 1.29 is 4.79 Å². The van der Waals surface area contributed by atoms with Gasteiger partial charge in [0.15, 0.2) is 0 Å². The molecule has 0 aromatic carbocycles. The highest BCUT2D eigenvalue weighted by Crippen LogP contribution is 2.12. The molecule has 0 atom stereocenters. The van der Waals surface area contributed by atoms with E-state index in [1.165, 1.54) is 4.90 Å². The largest absolute Gasteiger partial charge is 0.355 e. The normalized spacial score (nSPS) is 21.1. The van der Waals surface area contributed by atoms with Crippen LogP contribution in [-0.2, 0) is 0 Å². The first kappa shape index (κ1) is 4.49. The van der Waals surface area contributed by atoms with Gasteiger partial charge in [-0.2, -0.15) is 4.99 Å². The van der Waals surface area contributed by atoms with Crippen LogP contribution in [-0.4, -0.2) is 16.8 Å². The molecule has 2 amide bonds. The maximum absolute atomic E-state index is 10.5. The molecule has 0 aliphatic carbocycles. The topological polar surface area (TPSA) is 32.7 Å². The fourth-order valence-corrected chi connectivity index (χ4v) is 0.794. The molecule has 0 fully saturated rings. The quantitative estimate of drug-likeness (QED) is 0.467. The molecule has 2 rings (SSSR count).